The minimum Gasteiger partial charge on any atom is -0.511 e. The van der Waals surface area contributed by atoms with Crippen molar-refractivity contribution in [3.63, 3.8) is 0 Å². The van der Waals surface area contributed by atoms with Gasteiger partial charge in [0.25, 0.3) is 0 Å². The third-order valence-corrected chi connectivity index (χ3v) is 20.9. The van der Waals surface area contributed by atoms with Gasteiger partial charge in [-0.05, 0) is 119 Å². The lowest BCUT2D eigenvalue weighted by atomic mass is 9.42. The molecule has 0 aromatic heterocycles. The Kier molecular flexibility index (Phi) is 8.41. The first-order chi connectivity index (χ1) is 32.0. The first kappa shape index (κ1) is 40.7. The van der Waals surface area contributed by atoms with Crippen molar-refractivity contribution < 1.29 is 49.7 Å². The zero-order valence-corrected chi connectivity index (χ0v) is 37.5. The number of carbonyl (C=O) groups excluding carboxylic acids is 2. The molecule has 8 aliphatic carbocycles. The first-order valence-corrected chi connectivity index (χ1v) is 25.8. The van der Waals surface area contributed by atoms with Gasteiger partial charge in [-0.3, -0.25) is 9.59 Å². The van der Waals surface area contributed by atoms with Crippen LogP contribution < -0.4 is 15.4 Å². The number of ketones is 2. The SMILES string of the molecule is O=C1c2cccc3c2C(=O)C2(CSSC4NC5=C6C7=C(CN5)C5CC8CC9(CO)OC(O3)C(O)C(O)(C9O)C8C73C(CCC3c3cccc4c36)C5)C(O)=CC(Cc3cccc(CO)c3)=CC12. The van der Waals surface area contributed by atoms with Gasteiger partial charge in [0.2, 0.25) is 6.29 Å². The van der Waals surface area contributed by atoms with Crippen LogP contribution in [0.25, 0.3) is 5.57 Å². The van der Waals surface area contributed by atoms with Gasteiger partial charge in [0.15, 0.2) is 11.6 Å². The Balaban J connectivity index is 0.988. The van der Waals surface area contributed by atoms with E-state index in [1.807, 2.05) is 24.3 Å². The number of aliphatic hydroxyl groups excluding tert-OH is 5. The summed E-state index contributed by atoms with van der Waals surface area (Å²) in [7, 11) is 2.99. The van der Waals surface area contributed by atoms with E-state index in [1.54, 1.807) is 35.1 Å². The van der Waals surface area contributed by atoms with Gasteiger partial charge in [0, 0.05) is 34.8 Å². The van der Waals surface area contributed by atoms with Crippen LogP contribution in [0.15, 0.2) is 101 Å². The molecule has 2 spiro atoms. The molecule has 14 unspecified atom stereocenters. The third-order valence-electron chi connectivity index (χ3n) is 18.3. The lowest BCUT2D eigenvalue weighted by molar-refractivity contribution is -0.393. The van der Waals surface area contributed by atoms with E-state index in [9.17, 15) is 30.6 Å². The standard InChI is InChI=1S/C52H50N2O10S2/c55-20-24-5-1-4-23(12-24)13-25-14-34-41(58)30-7-3-9-35-38(30)43(59)50(34,36(57)15-25)22-65-66-46-31-8-2-6-29-33-11-10-28-17-26-16-27-18-49(21-56)48(61)52(62,44(60)47(63-35)64-49)42(27)51(28,33)40-32(26)19-53-45(54-46)39(40)37(29)31/h1-9,12,14-15,26-28,33-34,42,44,46-48,53-57,60-62H,10-11,13,16-22H2. The van der Waals surface area contributed by atoms with Crippen LogP contribution in [0.2, 0.25) is 0 Å². The number of rotatable bonds is 4. The third kappa shape index (κ3) is 4.75. The van der Waals surface area contributed by atoms with Crippen molar-refractivity contribution in [3.05, 3.63) is 140 Å². The molecule has 0 amide bonds. The zero-order valence-electron chi connectivity index (χ0n) is 35.9. The highest BCUT2D eigenvalue weighted by Gasteiger charge is 2.79. The molecule has 14 heteroatoms. The molecule has 0 radical (unpaired) electrons. The summed E-state index contributed by atoms with van der Waals surface area (Å²) < 4.78 is 13.3. The summed E-state index contributed by atoms with van der Waals surface area (Å²) in [5, 5.41) is 80.6. The number of benzene rings is 3. The molecule has 15 bridgehead atoms. The molecule has 5 aliphatic heterocycles. The number of hydrogen-bond donors (Lipinski definition) is 8. The monoisotopic (exact) mass is 926 g/mol. The molecule has 3 aromatic rings. The second-order valence-electron chi connectivity index (χ2n) is 20.9. The first-order valence-electron chi connectivity index (χ1n) is 23.4. The molecule has 66 heavy (non-hydrogen) atoms. The van der Waals surface area contributed by atoms with Crippen LogP contribution in [-0.2, 0) is 17.8 Å². The van der Waals surface area contributed by atoms with E-state index in [0.717, 1.165) is 47.3 Å². The largest absolute Gasteiger partial charge is 0.511 e. The molecule has 5 heterocycles. The summed E-state index contributed by atoms with van der Waals surface area (Å²) in [6.45, 7) is -0.172. The van der Waals surface area contributed by atoms with Gasteiger partial charge in [-0.15, -0.1) is 0 Å². The molecule has 3 saturated carbocycles. The summed E-state index contributed by atoms with van der Waals surface area (Å²) in [6, 6.07) is 18.7. The summed E-state index contributed by atoms with van der Waals surface area (Å²) in [5.74, 6) is -1.94. The number of fused-ring (bicyclic) bond motifs is 3. The molecule has 3 aromatic carbocycles. The van der Waals surface area contributed by atoms with Gasteiger partial charge < -0.3 is 50.7 Å². The van der Waals surface area contributed by atoms with E-state index in [1.165, 1.54) is 39.1 Å². The molecule has 4 fully saturated rings. The number of dihydropyridines is 1. The number of nitrogens with one attached hydrogen (secondary N) is 2. The van der Waals surface area contributed by atoms with Crippen molar-refractivity contribution in [2.45, 2.75) is 86.1 Å². The molecule has 12 nitrogen and oxygen atoms in total. The minimum absolute atomic E-state index is 0.0161. The lowest BCUT2D eigenvalue weighted by Gasteiger charge is -2.67. The fourth-order valence-electron chi connectivity index (χ4n) is 16.0. The van der Waals surface area contributed by atoms with E-state index < -0.39 is 64.8 Å². The highest BCUT2D eigenvalue weighted by Crippen LogP contribution is 2.79. The number of hydrogen-bond acceptors (Lipinski definition) is 14. The molecular weight excluding hydrogens is 877 g/mol. The fraction of sp³-hybridized carbons (Fsp3) is 0.462. The van der Waals surface area contributed by atoms with Crippen molar-refractivity contribution in [2.24, 2.45) is 40.4 Å². The van der Waals surface area contributed by atoms with E-state index in [-0.39, 0.29) is 76.2 Å². The van der Waals surface area contributed by atoms with Gasteiger partial charge in [0.1, 0.15) is 51.5 Å². The van der Waals surface area contributed by atoms with Gasteiger partial charge >= 0.3 is 0 Å². The molecule has 13 aliphatic rings. The molecule has 16 rings (SSSR count). The number of allylic oxidation sites excluding steroid dienone is 6. The Bertz CT molecular complexity index is 2880. The van der Waals surface area contributed by atoms with Crippen molar-refractivity contribution in [2.75, 3.05) is 18.9 Å². The van der Waals surface area contributed by atoms with Crippen molar-refractivity contribution in [1.29, 1.82) is 0 Å². The van der Waals surface area contributed by atoms with Crippen molar-refractivity contribution in [1.82, 2.24) is 10.6 Å². The molecule has 8 N–H and O–H groups in total. The van der Waals surface area contributed by atoms with E-state index in [4.69, 9.17) is 9.47 Å². The van der Waals surface area contributed by atoms with Crippen LogP contribution in [0, 0.1) is 40.4 Å². The van der Waals surface area contributed by atoms with Gasteiger partial charge in [0.05, 0.1) is 24.7 Å². The van der Waals surface area contributed by atoms with Crippen LogP contribution in [0.5, 0.6) is 5.75 Å². The maximum absolute atomic E-state index is 15.7. The average molecular weight is 927 g/mol. The number of ether oxygens (including phenoxy) is 2. The molecule has 340 valence electrons. The minimum atomic E-state index is -2.24. The smallest absolute Gasteiger partial charge is 0.229 e. The van der Waals surface area contributed by atoms with E-state index in [2.05, 4.69) is 28.8 Å². The average Bonchev–Trinajstić information content (AvgIpc) is 3.58. The highest BCUT2D eigenvalue weighted by molar-refractivity contribution is 8.76. The fourth-order valence-corrected chi connectivity index (χ4v) is 18.9. The molecular formula is C52H50N2O10S2. The summed E-state index contributed by atoms with van der Waals surface area (Å²) in [5.41, 5.74) is 3.08. The summed E-state index contributed by atoms with van der Waals surface area (Å²) >= 11 is 0. The number of aliphatic hydroxyl groups is 6. The van der Waals surface area contributed by atoms with Crippen LogP contribution in [-0.4, -0.2) is 90.8 Å². The second-order valence-corrected chi connectivity index (χ2v) is 23.3. The van der Waals surface area contributed by atoms with Crippen molar-refractivity contribution in [3.8, 4) is 5.75 Å². The van der Waals surface area contributed by atoms with Crippen LogP contribution in [0.1, 0.15) is 91.9 Å². The summed E-state index contributed by atoms with van der Waals surface area (Å²) in [6.07, 6.45) is 2.22. The quantitative estimate of drug-likeness (QED) is 0.152. The number of Topliss-reactive ketones (excluding diaryl/α,β-unsaturated/α-hetero) is 2. The number of carbonyl (C=O) groups is 2. The second kappa shape index (κ2) is 13.7. The molecule has 1 saturated heterocycles. The Hall–Kier alpha value is -4.38. The Morgan fingerprint density at radius 1 is 0.939 bits per heavy atom. The molecule has 14 atom stereocenters. The Morgan fingerprint density at radius 3 is 2.61 bits per heavy atom. The van der Waals surface area contributed by atoms with Crippen LogP contribution in [0.4, 0.5) is 0 Å². The van der Waals surface area contributed by atoms with E-state index >= 15 is 9.59 Å². The van der Waals surface area contributed by atoms with Crippen molar-refractivity contribution >= 4 is 38.7 Å². The predicted molar refractivity (Wildman–Crippen MR) is 245 cm³/mol. The Labute approximate surface area is 388 Å². The predicted octanol–water partition coefficient (Wildman–Crippen LogP) is 5.52. The maximum atomic E-state index is 15.7. The summed E-state index contributed by atoms with van der Waals surface area (Å²) in [4.78, 5) is 30.8. The maximum Gasteiger partial charge on any atom is 0.229 e. The van der Waals surface area contributed by atoms with Crippen LogP contribution >= 0.6 is 21.6 Å². The Morgan fingerprint density at radius 2 is 1.76 bits per heavy atom. The normalized spacial score (nSPS) is 41.5. The van der Waals surface area contributed by atoms with Crippen LogP contribution in [0.3, 0.4) is 0 Å². The van der Waals surface area contributed by atoms with Gasteiger partial charge in [-0.2, -0.15) is 0 Å². The van der Waals surface area contributed by atoms with Gasteiger partial charge in [-0.25, -0.2) is 0 Å². The van der Waals surface area contributed by atoms with Gasteiger partial charge in [-0.1, -0.05) is 82.3 Å². The highest BCUT2D eigenvalue weighted by atomic mass is 33.1. The van der Waals surface area contributed by atoms with E-state index in [0.29, 0.717) is 25.0 Å². The zero-order chi connectivity index (χ0) is 44.8. The lowest BCUT2D eigenvalue weighted by Crippen LogP contribution is -2.81. The topological polar surface area (TPSA) is 198 Å².